The van der Waals surface area contributed by atoms with Crippen LogP contribution in [0.5, 0.6) is 0 Å². The second kappa shape index (κ2) is 6.36. The van der Waals surface area contributed by atoms with Crippen LogP contribution in [0.3, 0.4) is 0 Å². The Balaban J connectivity index is 2.33. The van der Waals surface area contributed by atoms with Crippen LogP contribution in [0.25, 0.3) is 0 Å². The highest BCUT2D eigenvalue weighted by Crippen LogP contribution is 2.30. The minimum absolute atomic E-state index is 0.0108. The Morgan fingerprint density at radius 2 is 2.18 bits per heavy atom. The van der Waals surface area contributed by atoms with Crippen molar-refractivity contribution in [3.05, 3.63) is 11.8 Å². The number of hydrogen-bond donors (Lipinski definition) is 4. The van der Waals surface area contributed by atoms with Crippen molar-refractivity contribution in [2.24, 2.45) is 16.1 Å². The van der Waals surface area contributed by atoms with Crippen LogP contribution in [0.4, 0.5) is 5.82 Å². The summed E-state index contributed by atoms with van der Waals surface area (Å²) in [6.45, 7) is -0.466. The van der Waals surface area contributed by atoms with Crippen LogP contribution in [0.15, 0.2) is 16.5 Å². The number of ether oxygens (including phenoxy) is 1. The molecular weight excluding hydrogens is 296 g/mol. The number of nitrogens with two attached hydrogens (primary N) is 1. The molecule has 11 nitrogen and oxygen atoms in total. The average Bonchev–Trinajstić information content (AvgIpc) is 3.00. The molecule has 0 aliphatic carbocycles. The fourth-order valence-electron chi connectivity index (χ4n) is 1.99. The molecule has 11 heteroatoms. The Labute approximate surface area is 125 Å². The molecular formula is C11H18N6O5. The monoisotopic (exact) mass is 314 g/mol. The number of hydrogen-bond acceptors (Lipinski definition) is 8. The number of amides is 1. The number of carbonyl (C=O) groups is 1. The van der Waals surface area contributed by atoms with Crippen LogP contribution in [-0.2, 0) is 4.74 Å². The summed E-state index contributed by atoms with van der Waals surface area (Å²) in [5.74, 6) is -0.815. The zero-order chi connectivity index (χ0) is 16.4. The molecule has 1 amide bonds. The Kier molecular flexibility index (Phi) is 4.71. The Morgan fingerprint density at radius 3 is 2.68 bits per heavy atom. The molecule has 1 aromatic heterocycles. The number of aromatic nitrogens is 2. The third-order valence-corrected chi connectivity index (χ3v) is 3.07. The van der Waals surface area contributed by atoms with Gasteiger partial charge < -0.3 is 25.8 Å². The molecule has 22 heavy (non-hydrogen) atoms. The maximum Gasteiger partial charge on any atom is 0.254 e. The summed E-state index contributed by atoms with van der Waals surface area (Å²) < 4.78 is 6.43. The number of nitrogens with zero attached hydrogens (tertiary/aromatic N) is 5. The molecule has 0 radical (unpaired) electrons. The van der Waals surface area contributed by atoms with Gasteiger partial charge in [0.15, 0.2) is 6.23 Å². The molecule has 122 valence electrons. The van der Waals surface area contributed by atoms with Crippen molar-refractivity contribution in [2.75, 3.05) is 20.7 Å². The summed E-state index contributed by atoms with van der Waals surface area (Å²) in [6.07, 6.45) is -3.38. The summed E-state index contributed by atoms with van der Waals surface area (Å²) in [6, 6.07) is 0. The van der Waals surface area contributed by atoms with E-state index >= 15 is 0 Å². The first-order valence-electron chi connectivity index (χ1n) is 6.45. The van der Waals surface area contributed by atoms with E-state index in [-0.39, 0.29) is 11.4 Å². The van der Waals surface area contributed by atoms with Crippen LogP contribution in [0.1, 0.15) is 16.6 Å². The van der Waals surface area contributed by atoms with E-state index in [2.05, 4.69) is 15.4 Å². The molecule has 1 saturated heterocycles. The van der Waals surface area contributed by atoms with E-state index in [1.165, 1.54) is 11.2 Å². The zero-order valence-corrected chi connectivity index (χ0v) is 12.1. The van der Waals surface area contributed by atoms with E-state index in [4.69, 9.17) is 15.6 Å². The van der Waals surface area contributed by atoms with Crippen molar-refractivity contribution in [1.29, 1.82) is 0 Å². The maximum atomic E-state index is 11.4. The standard InChI is InChI=1S/C11H18N6O5/c1-16(2)15-13-10-5(9(12)21)3-17(14-10)11-8(20)7(19)6(4-18)22-11/h3,6-8,11,18-20H,4H2,1-2H3,(H2,12,21). The molecule has 0 aromatic carbocycles. The highest BCUT2D eigenvalue weighted by atomic mass is 16.6. The van der Waals surface area contributed by atoms with Crippen LogP contribution >= 0.6 is 0 Å². The first-order chi connectivity index (χ1) is 10.3. The van der Waals surface area contributed by atoms with Gasteiger partial charge in [0.25, 0.3) is 5.91 Å². The zero-order valence-electron chi connectivity index (χ0n) is 12.1. The molecule has 0 saturated carbocycles. The van der Waals surface area contributed by atoms with E-state index < -0.39 is 37.1 Å². The normalized spacial score (nSPS) is 28.4. The highest BCUT2D eigenvalue weighted by Gasteiger charge is 2.44. The molecule has 5 N–H and O–H groups in total. The number of primary amides is 1. The summed E-state index contributed by atoms with van der Waals surface area (Å²) >= 11 is 0. The number of carbonyl (C=O) groups excluding carboxylic acids is 1. The Morgan fingerprint density at radius 1 is 1.50 bits per heavy atom. The first kappa shape index (κ1) is 16.3. The number of aliphatic hydroxyl groups excluding tert-OH is 3. The quantitative estimate of drug-likeness (QED) is 0.367. The van der Waals surface area contributed by atoms with Gasteiger partial charge in [-0.2, -0.15) is 0 Å². The largest absolute Gasteiger partial charge is 0.394 e. The number of aliphatic hydroxyl groups is 3. The molecule has 1 aliphatic heterocycles. The van der Waals surface area contributed by atoms with Crippen molar-refractivity contribution in [3.8, 4) is 0 Å². The fraction of sp³-hybridized carbons (Fsp3) is 0.636. The lowest BCUT2D eigenvalue weighted by Crippen LogP contribution is -2.33. The average molecular weight is 314 g/mol. The van der Waals surface area contributed by atoms with Crippen LogP contribution < -0.4 is 5.73 Å². The lowest BCUT2D eigenvalue weighted by atomic mass is 10.1. The van der Waals surface area contributed by atoms with Crippen LogP contribution in [0.2, 0.25) is 0 Å². The second-order valence-corrected chi connectivity index (χ2v) is 4.98. The SMILES string of the molecule is CN(C)N=Nc1nn(C2OC(CO)C(O)C2O)cc1C(N)=O. The summed E-state index contributed by atoms with van der Waals surface area (Å²) in [7, 11) is 3.27. The van der Waals surface area contributed by atoms with Gasteiger partial charge in [-0.25, -0.2) is 4.68 Å². The number of rotatable bonds is 5. The molecule has 0 spiro atoms. The third kappa shape index (κ3) is 3.06. The van der Waals surface area contributed by atoms with E-state index in [0.717, 1.165) is 4.68 Å². The molecule has 1 aliphatic rings. The molecule has 4 atom stereocenters. The minimum Gasteiger partial charge on any atom is -0.394 e. The van der Waals surface area contributed by atoms with Crippen molar-refractivity contribution in [2.45, 2.75) is 24.5 Å². The molecule has 0 bridgehead atoms. The third-order valence-electron chi connectivity index (χ3n) is 3.07. The van der Waals surface area contributed by atoms with Crippen LogP contribution in [0, 0.1) is 0 Å². The van der Waals surface area contributed by atoms with Crippen molar-refractivity contribution in [3.63, 3.8) is 0 Å². The predicted molar refractivity (Wildman–Crippen MR) is 72.0 cm³/mol. The smallest absolute Gasteiger partial charge is 0.254 e. The second-order valence-electron chi connectivity index (χ2n) is 4.98. The van der Waals surface area contributed by atoms with Gasteiger partial charge in [-0.05, 0) is 0 Å². The summed E-state index contributed by atoms with van der Waals surface area (Å²) in [5, 5.41) is 41.6. The van der Waals surface area contributed by atoms with Crippen molar-refractivity contribution < 1.29 is 24.9 Å². The van der Waals surface area contributed by atoms with Crippen molar-refractivity contribution in [1.82, 2.24) is 14.8 Å². The van der Waals surface area contributed by atoms with E-state index in [0.29, 0.717) is 0 Å². The first-order valence-corrected chi connectivity index (χ1v) is 6.45. The van der Waals surface area contributed by atoms with Gasteiger partial charge in [0.1, 0.15) is 23.9 Å². The molecule has 2 heterocycles. The van der Waals surface area contributed by atoms with E-state index in [1.807, 2.05) is 0 Å². The fourth-order valence-corrected chi connectivity index (χ4v) is 1.99. The lowest BCUT2D eigenvalue weighted by Gasteiger charge is -2.14. The van der Waals surface area contributed by atoms with Gasteiger partial charge in [-0.15, -0.1) is 10.2 Å². The van der Waals surface area contributed by atoms with Gasteiger partial charge in [0.2, 0.25) is 5.82 Å². The lowest BCUT2D eigenvalue weighted by molar-refractivity contribution is -0.0585. The molecule has 4 unspecified atom stereocenters. The summed E-state index contributed by atoms with van der Waals surface area (Å²) in [4.78, 5) is 11.4. The Bertz CT molecular complexity index is 573. The molecule has 2 rings (SSSR count). The van der Waals surface area contributed by atoms with Crippen molar-refractivity contribution >= 4 is 11.7 Å². The van der Waals surface area contributed by atoms with Crippen LogP contribution in [-0.4, -0.2) is 75.0 Å². The van der Waals surface area contributed by atoms with Gasteiger partial charge in [0, 0.05) is 20.3 Å². The maximum absolute atomic E-state index is 11.4. The molecule has 1 aromatic rings. The van der Waals surface area contributed by atoms with E-state index in [1.54, 1.807) is 14.1 Å². The summed E-state index contributed by atoms with van der Waals surface area (Å²) in [5.41, 5.74) is 5.24. The minimum atomic E-state index is -1.32. The van der Waals surface area contributed by atoms with Gasteiger partial charge in [0.05, 0.1) is 6.61 Å². The Hall–Kier alpha value is -2.08. The van der Waals surface area contributed by atoms with Gasteiger partial charge in [-0.3, -0.25) is 9.80 Å². The predicted octanol–water partition coefficient (Wildman–Crippen LogP) is -1.85. The highest BCUT2D eigenvalue weighted by molar-refractivity contribution is 5.96. The van der Waals surface area contributed by atoms with Gasteiger partial charge >= 0.3 is 0 Å². The molecule has 1 fully saturated rings. The topological polar surface area (TPSA) is 159 Å². The van der Waals surface area contributed by atoms with Gasteiger partial charge in [-0.1, -0.05) is 5.22 Å². The van der Waals surface area contributed by atoms with E-state index in [9.17, 15) is 15.0 Å².